The summed E-state index contributed by atoms with van der Waals surface area (Å²) in [4.78, 5) is 19.8. The minimum Gasteiger partial charge on any atom is -0.481 e. The van der Waals surface area contributed by atoms with Crippen molar-refractivity contribution in [2.75, 3.05) is 19.0 Å². The van der Waals surface area contributed by atoms with Crippen LogP contribution in [0.15, 0.2) is 6.07 Å². The van der Waals surface area contributed by atoms with E-state index in [1.165, 1.54) is 0 Å². The van der Waals surface area contributed by atoms with Crippen LogP contribution >= 0.6 is 0 Å². The van der Waals surface area contributed by atoms with E-state index in [1.807, 2.05) is 6.92 Å². The zero-order chi connectivity index (χ0) is 13.7. The number of anilines is 1. The molecule has 0 unspecified atom stereocenters. The van der Waals surface area contributed by atoms with Crippen molar-refractivity contribution >= 4 is 11.7 Å². The number of hydrogen-bond acceptors (Lipinski definition) is 5. The Morgan fingerprint density at radius 3 is 2.95 bits per heavy atom. The fraction of sp³-hybridized carbons (Fsp3) is 0.615. The van der Waals surface area contributed by atoms with Gasteiger partial charge in [-0.15, -0.1) is 0 Å². The van der Waals surface area contributed by atoms with Crippen molar-refractivity contribution in [2.45, 2.75) is 38.6 Å². The van der Waals surface area contributed by atoms with Gasteiger partial charge < -0.3 is 15.4 Å². The molecule has 1 aliphatic carbocycles. The molecule has 0 spiro atoms. The second-order valence-corrected chi connectivity index (χ2v) is 4.71. The van der Waals surface area contributed by atoms with E-state index in [4.69, 9.17) is 4.74 Å². The number of amides is 1. The molecule has 0 radical (unpaired) electrons. The number of carbonyl (C=O) groups is 1. The largest absolute Gasteiger partial charge is 0.481 e. The van der Waals surface area contributed by atoms with Gasteiger partial charge in [0.25, 0.3) is 0 Å². The van der Waals surface area contributed by atoms with E-state index in [0.717, 1.165) is 25.1 Å². The van der Waals surface area contributed by atoms with Gasteiger partial charge in [0.05, 0.1) is 7.11 Å². The van der Waals surface area contributed by atoms with Gasteiger partial charge in [0.1, 0.15) is 11.6 Å². The van der Waals surface area contributed by atoms with Gasteiger partial charge in [0, 0.05) is 25.1 Å². The molecule has 0 aromatic carbocycles. The lowest BCUT2D eigenvalue weighted by Gasteiger charge is -2.08. The van der Waals surface area contributed by atoms with Crippen LogP contribution in [0.3, 0.4) is 0 Å². The summed E-state index contributed by atoms with van der Waals surface area (Å²) in [5.41, 5.74) is 0. The van der Waals surface area contributed by atoms with Crippen LogP contribution in [0.25, 0.3) is 0 Å². The summed E-state index contributed by atoms with van der Waals surface area (Å²) < 4.78 is 5.08. The maximum absolute atomic E-state index is 11.5. The van der Waals surface area contributed by atoms with Gasteiger partial charge in [-0.2, -0.15) is 4.98 Å². The third-order valence-corrected chi connectivity index (χ3v) is 2.85. The second-order valence-electron chi connectivity index (χ2n) is 4.71. The van der Waals surface area contributed by atoms with Crippen LogP contribution < -0.4 is 15.4 Å². The number of rotatable bonds is 7. The highest BCUT2D eigenvalue weighted by Gasteiger charge is 2.22. The summed E-state index contributed by atoms with van der Waals surface area (Å²) >= 11 is 0. The number of ether oxygens (including phenoxy) is 1. The Morgan fingerprint density at radius 2 is 2.26 bits per heavy atom. The molecule has 2 N–H and O–H groups in total. The zero-order valence-corrected chi connectivity index (χ0v) is 11.4. The second kappa shape index (κ2) is 6.36. The van der Waals surface area contributed by atoms with Crippen molar-refractivity contribution < 1.29 is 9.53 Å². The highest BCUT2D eigenvalue weighted by Crippen LogP contribution is 2.18. The Labute approximate surface area is 113 Å². The van der Waals surface area contributed by atoms with Gasteiger partial charge in [-0.1, -0.05) is 0 Å². The van der Waals surface area contributed by atoms with Gasteiger partial charge in [0.15, 0.2) is 0 Å². The molecule has 1 saturated carbocycles. The molecule has 0 atom stereocenters. The molecule has 19 heavy (non-hydrogen) atoms. The van der Waals surface area contributed by atoms with Crippen molar-refractivity contribution in [1.29, 1.82) is 0 Å². The molecule has 6 nitrogen and oxygen atoms in total. The van der Waals surface area contributed by atoms with E-state index >= 15 is 0 Å². The lowest BCUT2D eigenvalue weighted by molar-refractivity contribution is -0.121. The number of hydrogen-bond donors (Lipinski definition) is 2. The Bertz CT molecular complexity index is 446. The van der Waals surface area contributed by atoms with Gasteiger partial charge in [-0.3, -0.25) is 4.79 Å². The Kier molecular flexibility index (Phi) is 4.54. The lowest BCUT2D eigenvalue weighted by Crippen LogP contribution is -2.25. The highest BCUT2D eigenvalue weighted by atomic mass is 16.5. The molecular weight excluding hydrogens is 244 g/mol. The summed E-state index contributed by atoms with van der Waals surface area (Å²) in [6, 6.07) is 2.19. The number of methoxy groups -OCH3 is 1. The molecule has 1 aromatic heterocycles. The van der Waals surface area contributed by atoms with Crippen molar-refractivity contribution in [3.8, 4) is 5.88 Å². The molecule has 1 aromatic rings. The van der Waals surface area contributed by atoms with Gasteiger partial charge in [-0.25, -0.2) is 4.98 Å². The molecule has 1 amide bonds. The fourth-order valence-electron chi connectivity index (χ4n) is 1.73. The van der Waals surface area contributed by atoms with Gasteiger partial charge in [0.2, 0.25) is 11.8 Å². The quantitative estimate of drug-likeness (QED) is 0.725. The number of nitrogens with one attached hydrogen (secondary N) is 2. The van der Waals surface area contributed by atoms with E-state index < -0.39 is 0 Å². The Balaban J connectivity index is 1.69. The third kappa shape index (κ3) is 4.73. The van der Waals surface area contributed by atoms with E-state index in [9.17, 15) is 4.79 Å². The smallest absolute Gasteiger partial charge is 0.220 e. The molecule has 0 bridgehead atoms. The zero-order valence-electron chi connectivity index (χ0n) is 11.4. The number of aryl methyl sites for hydroxylation is 1. The van der Waals surface area contributed by atoms with Gasteiger partial charge >= 0.3 is 0 Å². The molecule has 104 valence electrons. The lowest BCUT2D eigenvalue weighted by atomic mass is 10.3. The Morgan fingerprint density at radius 1 is 1.47 bits per heavy atom. The maximum Gasteiger partial charge on any atom is 0.220 e. The average Bonchev–Trinajstić information content (AvgIpc) is 3.18. The van der Waals surface area contributed by atoms with Crippen molar-refractivity contribution in [3.63, 3.8) is 0 Å². The number of aromatic nitrogens is 2. The predicted molar refractivity (Wildman–Crippen MR) is 72.2 cm³/mol. The van der Waals surface area contributed by atoms with E-state index in [1.54, 1.807) is 13.2 Å². The Hall–Kier alpha value is -1.85. The topological polar surface area (TPSA) is 76.1 Å². The molecular formula is C13H20N4O2. The van der Waals surface area contributed by atoms with E-state index in [0.29, 0.717) is 30.7 Å². The molecule has 1 fully saturated rings. The summed E-state index contributed by atoms with van der Waals surface area (Å²) in [5, 5.41) is 6.14. The standard InChI is InChI=1S/C13H20N4O2/c1-9-15-11(8-13(16-9)19-2)14-7-3-4-12(18)17-10-5-6-10/h8,10H,3-7H2,1-2H3,(H,17,18)(H,14,15,16). The predicted octanol–water partition coefficient (Wildman–Crippen LogP) is 1.26. The van der Waals surface area contributed by atoms with Crippen LogP contribution in [-0.2, 0) is 4.79 Å². The van der Waals surface area contributed by atoms with Gasteiger partial charge in [-0.05, 0) is 26.2 Å². The van der Waals surface area contributed by atoms with Crippen molar-refractivity contribution in [2.24, 2.45) is 0 Å². The third-order valence-electron chi connectivity index (χ3n) is 2.85. The summed E-state index contributed by atoms with van der Waals surface area (Å²) in [6.45, 7) is 2.52. The van der Waals surface area contributed by atoms with Crippen molar-refractivity contribution in [3.05, 3.63) is 11.9 Å². The summed E-state index contributed by atoms with van der Waals surface area (Å²) in [7, 11) is 1.58. The van der Waals surface area contributed by atoms with Crippen LogP contribution in [0.5, 0.6) is 5.88 Å². The van der Waals surface area contributed by atoms with Crippen LogP contribution in [-0.4, -0.2) is 35.6 Å². The molecule has 1 aliphatic rings. The van der Waals surface area contributed by atoms with Crippen LogP contribution in [0.2, 0.25) is 0 Å². The van der Waals surface area contributed by atoms with Crippen LogP contribution in [0.4, 0.5) is 5.82 Å². The first kappa shape index (κ1) is 13.6. The molecule has 2 rings (SSSR count). The number of carbonyl (C=O) groups excluding carboxylic acids is 1. The van der Waals surface area contributed by atoms with E-state index in [-0.39, 0.29) is 5.91 Å². The first-order valence-corrected chi connectivity index (χ1v) is 6.60. The average molecular weight is 264 g/mol. The summed E-state index contributed by atoms with van der Waals surface area (Å²) in [5.74, 6) is 2.07. The monoisotopic (exact) mass is 264 g/mol. The van der Waals surface area contributed by atoms with Crippen LogP contribution in [0, 0.1) is 6.92 Å². The molecule has 0 saturated heterocycles. The SMILES string of the molecule is COc1cc(NCCCC(=O)NC2CC2)nc(C)n1. The molecule has 1 heterocycles. The normalized spacial score (nSPS) is 14.0. The van der Waals surface area contributed by atoms with E-state index in [2.05, 4.69) is 20.6 Å². The minimum atomic E-state index is 0.140. The maximum atomic E-state index is 11.5. The summed E-state index contributed by atoms with van der Waals surface area (Å²) in [6.07, 6.45) is 3.59. The van der Waals surface area contributed by atoms with Crippen LogP contribution in [0.1, 0.15) is 31.5 Å². The first-order chi connectivity index (χ1) is 9.17. The minimum absolute atomic E-state index is 0.140. The fourth-order valence-corrected chi connectivity index (χ4v) is 1.73. The first-order valence-electron chi connectivity index (χ1n) is 6.60. The molecule has 6 heteroatoms. The van der Waals surface area contributed by atoms with Crippen molar-refractivity contribution in [1.82, 2.24) is 15.3 Å². The highest BCUT2D eigenvalue weighted by molar-refractivity contribution is 5.76. The number of nitrogens with zero attached hydrogens (tertiary/aromatic N) is 2. The molecule has 0 aliphatic heterocycles.